The normalized spacial score (nSPS) is 13.1. The van der Waals surface area contributed by atoms with Gasteiger partial charge in [0.15, 0.2) is 0 Å². The first kappa shape index (κ1) is 24.0. The van der Waals surface area contributed by atoms with Crippen LogP contribution in [0.2, 0.25) is 0 Å². The second kappa shape index (κ2) is 11.9. The lowest BCUT2D eigenvalue weighted by molar-refractivity contribution is 0.0952. The fourth-order valence-electron chi connectivity index (χ4n) is 3.90. The fourth-order valence-corrected chi connectivity index (χ4v) is 3.90. The molecule has 1 aliphatic carbocycles. The van der Waals surface area contributed by atoms with Crippen molar-refractivity contribution in [1.82, 2.24) is 15.2 Å². The number of amides is 2. The molecule has 1 heterocycles. The van der Waals surface area contributed by atoms with Gasteiger partial charge in [-0.3, -0.25) is 14.4 Å². The molecule has 2 aromatic rings. The van der Waals surface area contributed by atoms with Crippen LogP contribution in [0.25, 0.3) is 0 Å². The number of carbonyl (C=O) groups excluding carboxylic acids is 2. The molecule has 0 bridgehead atoms. The van der Waals surface area contributed by atoms with Gasteiger partial charge in [0.25, 0.3) is 11.8 Å². The van der Waals surface area contributed by atoms with Gasteiger partial charge >= 0.3 is 0 Å². The molecule has 2 N–H and O–H groups in total. The van der Waals surface area contributed by atoms with E-state index in [-0.39, 0.29) is 17.7 Å². The van der Waals surface area contributed by atoms with Crippen molar-refractivity contribution < 1.29 is 14.3 Å². The highest BCUT2D eigenvalue weighted by Crippen LogP contribution is 2.20. The third-order valence-electron chi connectivity index (χ3n) is 5.64. The van der Waals surface area contributed by atoms with Crippen molar-refractivity contribution in [3.8, 4) is 5.75 Å². The van der Waals surface area contributed by atoms with Crippen molar-refractivity contribution in [2.24, 2.45) is 0 Å². The monoisotopic (exact) mass is 449 g/mol. The van der Waals surface area contributed by atoms with Crippen molar-refractivity contribution in [1.29, 1.82) is 0 Å². The predicted molar refractivity (Wildman–Crippen MR) is 129 cm³/mol. The van der Waals surface area contributed by atoms with Crippen LogP contribution < -0.4 is 20.8 Å². The third kappa shape index (κ3) is 6.44. The number of pyridine rings is 1. The summed E-state index contributed by atoms with van der Waals surface area (Å²) in [7, 11) is 1.58. The maximum atomic E-state index is 13.0. The molecule has 7 nitrogen and oxygen atoms in total. The lowest BCUT2D eigenvalue weighted by Gasteiger charge is -2.15. The van der Waals surface area contributed by atoms with Gasteiger partial charge in [-0.15, -0.1) is 6.58 Å². The zero-order valence-electron chi connectivity index (χ0n) is 19.1. The molecule has 0 unspecified atom stereocenters. The maximum Gasteiger partial charge on any atom is 0.257 e. The van der Waals surface area contributed by atoms with E-state index in [1.807, 2.05) is 24.3 Å². The van der Waals surface area contributed by atoms with Crippen molar-refractivity contribution >= 4 is 11.8 Å². The molecule has 0 saturated carbocycles. The summed E-state index contributed by atoms with van der Waals surface area (Å²) in [5.41, 5.74) is 1.45. The molecule has 3 rings (SSSR count). The van der Waals surface area contributed by atoms with Crippen LogP contribution in [-0.4, -0.2) is 36.6 Å². The average molecular weight is 450 g/mol. The Bertz CT molecular complexity index is 1100. The summed E-state index contributed by atoms with van der Waals surface area (Å²) in [6.45, 7) is 4.58. The summed E-state index contributed by atoms with van der Waals surface area (Å²) in [6.07, 6.45) is 12.0. The molecule has 33 heavy (non-hydrogen) atoms. The minimum absolute atomic E-state index is 0.0613. The van der Waals surface area contributed by atoms with Crippen LogP contribution in [0, 0.1) is 0 Å². The number of hydrogen-bond acceptors (Lipinski definition) is 4. The zero-order chi connectivity index (χ0) is 23.6. The summed E-state index contributed by atoms with van der Waals surface area (Å²) in [4.78, 5) is 38.5. The van der Waals surface area contributed by atoms with E-state index in [9.17, 15) is 14.4 Å². The van der Waals surface area contributed by atoms with Crippen LogP contribution >= 0.6 is 0 Å². The van der Waals surface area contributed by atoms with Crippen LogP contribution in [0.15, 0.2) is 65.8 Å². The number of nitrogens with one attached hydrogen (secondary N) is 2. The van der Waals surface area contributed by atoms with Gasteiger partial charge in [-0.25, -0.2) is 0 Å². The molecular weight excluding hydrogens is 418 g/mol. The average Bonchev–Trinajstić information content (AvgIpc) is 2.84. The Kier molecular flexibility index (Phi) is 8.63. The molecule has 0 spiro atoms. The van der Waals surface area contributed by atoms with Gasteiger partial charge in [-0.1, -0.05) is 35.9 Å². The first-order valence-corrected chi connectivity index (χ1v) is 11.2. The summed E-state index contributed by atoms with van der Waals surface area (Å²) < 4.78 is 7.08. The SMILES string of the molecule is C=CCNC(=O)c1cn(Cc2ccccc2OC)cc(C(=O)NCCC2=CCCCC2)c1=O. The fraction of sp³-hybridized carbons (Fsp3) is 0.346. The van der Waals surface area contributed by atoms with Crippen LogP contribution in [-0.2, 0) is 6.54 Å². The van der Waals surface area contributed by atoms with E-state index < -0.39 is 17.2 Å². The highest BCUT2D eigenvalue weighted by Gasteiger charge is 2.19. The highest BCUT2D eigenvalue weighted by atomic mass is 16.5. The number of methoxy groups -OCH3 is 1. The lowest BCUT2D eigenvalue weighted by Crippen LogP contribution is -2.36. The summed E-state index contributed by atoms with van der Waals surface area (Å²) in [5.74, 6) is -0.347. The van der Waals surface area contributed by atoms with Crippen LogP contribution in [0.3, 0.4) is 0 Å². The Labute approximate surface area is 194 Å². The molecule has 7 heteroatoms. The number of aromatic nitrogens is 1. The quantitative estimate of drug-likeness (QED) is 0.544. The number of para-hydroxylation sites is 1. The topological polar surface area (TPSA) is 89.4 Å². The molecule has 0 saturated heterocycles. The van der Waals surface area contributed by atoms with Crippen molar-refractivity contribution in [3.63, 3.8) is 0 Å². The standard InChI is InChI=1S/C26H31N3O4/c1-3-14-27-25(31)21-17-29(16-20-11-7-8-12-23(20)33-2)18-22(24(21)30)26(32)28-15-13-19-9-5-4-6-10-19/h3,7-9,11-12,17-18H,1,4-6,10,13-16H2,2H3,(H,27,31)(H,28,32). The van der Waals surface area contributed by atoms with Gasteiger partial charge in [0.2, 0.25) is 5.43 Å². The van der Waals surface area contributed by atoms with Gasteiger partial charge in [-0.05, 0) is 38.2 Å². The van der Waals surface area contributed by atoms with E-state index in [0.717, 1.165) is 24.8 Å². The van der Waals surface area contributed by atoms with Gasteiger partial charge in [0, 0.05) is 31.0 Å². The minimum Gasteiger partial charge on any atom is -0.496 e. The number of ether oxygens (including phenoxy) is 1. The molecule has 1 aliphatic rings. The molecule has 1 aromatic heterocycles. The molecule has 0 radical (unpaired) electrons. The van der Waals surface area contributed by atoms with Gasteiger partial charge in [0.1, 0.15) is 16.9 Å². The Morgan fingerprint density at radius 3 is 2.52 bits per heavy atom. The van der Waals surface area contributed by atoms with E-state index in [4.69, 9.17) is 4.74 Å². The van der Waals surface area contributed by atoms with Crippen LogP contribution in [0.4, 0.5) is 0 Å². The molecule has 0 fully saturated rings. The number of rotatable bonds is 10. The Balaban J connectivity index is 1.86. The van der Waals surface area contributed by atoms with Gasteiger partial charge < -0.3 is 19.9 Å². The largest absolute Gasteiger partial charge is 0.496 e. The summed E-state index contributed by atoms with van der Waals surface area (Å²) >= 11 is 0. The first-order valence-electron chi connectivity index (χ1n) is 11.2. The van der Waals surface area contributed by atoms with Crippen molar-refractivity contribution in [2.75, 3.05) is 20.2 Å². The smallest absolute Gasteiger partial charge is 0.257 e. The zero-order valence-corrected chi connectivity index (χ0v) is 19.1. The number of hydrogen-bond donors (Lipinski definition) is 2. The van der Waals surface area contributed by atoms with E-state index in [0.29, 0.717) is 18.8 Å². The van der Waals surface area contributed by atoms with Gasteiger partial charge in [-0.2, -0.15) is 0 Å². The molecule has 1 aromatic carbocycles. The van der Waals surface area contributed by atoms with Crippen molar-refractivity contribution in [2.45, 2.75) is 38.6 Å². The third-order valence-corrected chi connectivity index (χ3v) is 5.64. The Morgan fingerprint density at radius 2 is 1.85 bits per heavy atom. The summed E-state index contributed by atoms with van der Waals surface area (Å²) in [5, 5.41) is 5.47. The molecule has 0 aliphatic heterocycles. The second-order valence-electron chi connectivity index (χ2n) is 8.01. The molecule has 0 atom stereocenters. The van der Waals surface area contributed by atoms with E-state index >= 15 is 0 Å². The molecular formula is C26H31N3O4. The maximum absolute atomic E-state index is 13.0. The number of nitrogens with zero attached hydrogens (tertiary/aromatic N) is 1. The van der Waals surface area contributed by atoms with Crippen molar-refractivity contribution in [3.05, 3.63) is 87.9 Å². The van der Waals surface area contributed by atoms with E-state index in [1.165, 1.54) is 36.9 Å². The van der Waals surface area contributed by atoms with E-state index in [1.54, 1.807) is 11.7 Å². The highest BCUT2D eigenvalue weighted by molar-refractivity contribution is 5.99. The summed E-state index contributed by atoms with van der Waals surface area (Å²) in [6, 6.07) is 7.48. The molecule has 174 valence electrons. The van der Waals surface area contributed by atoms with E-state index in [2.05, 4.69) is 23.3 Å². The Morgan fingerprint density at radius 1 is 1.12 bits per heavy atom. The van der Waals surface area contributed by atoms with Gasteiger partial charge in [0.05, 0.1) is 13.7 Å². The Hall–Kier alpha value is -3.61. The second-order valence-corrected chi connectivity index (χ2v) is 8.01. The lowest BCUT2D eigenvalue weighted by atomic mass is 9.97. The number of allylic oxidation sites excluding steroid dienone is 1. The number of benzene rings is 1. The minimum atomic E-state index is -0.595. The first-order chi connectivity index (χ1) is 16.0. The van der Waals surface area contributed by atoms with Crippen LogP contribution in [0.1, 0.15) is 58.4 Å². The predicted octanol–water partition coefficient (Wildman–Crippen LogP) is 3.44. The molecule has 2 amide bonds. The van der Waals surface area contributed by atoms with Crippen LogP contribution in [0.5, 0.6) is 5.75 Å². The number of carbonyl (C=O) groups is 2.